The SMILES string of the molecule is CS(=O)(=S)OC(N)CC(=O)O. The highest BCUT2D eigenvalue weighted by molar-refractivity contribution is 8.29. The molecule has 0 saturated carbocycles. The van der Waals surface area contributed by atoms with Crippen LogP contribution in [0.25, 0.3) is 0 Å². The molecule has 7 heteroatoms. The summed E-state index contributed by atoms with van der Waals surface area (Å²) in [6.45, 7) is 0. The first kappa shape index (κ1) is 10.8. The third kappa shape index (κ3) is 7.66. The van der Waals surface area contributed by atoms with Crippen molar-refractivity contribution < 1.29 is 18.3 Å². The van der Waals surface area contributed by atoms with Gasteiger partial charge in [0.2, 0.25) is 0 Å². The van der Waals surface area contributed by atoms with Crippen LogP contribution in [0.2, 0.25) is 0 Å². The van der Waals surface area contributed by atoms with Gasteiger partial charge in [-0.3, -0.25) is 8.98 Å². The second-order valence-corrected chi connectivity index (χ2v) is 5.35. The molecule has 0 radical (unpaired) electrons. The van der Waals surface area contributed by atoms with Crippen LogP contribution >= 0.6 is 0 Å². The topological polar surface area (TPSA) is 89.6 Å². The van der Waals surface area contributed by atoms with E-state index in [9.17, 15) is 9.00 Å². The lowest BCUT2D eigenvalue weighted by Gasteiger charge is -2.08. The van der Waals surface area contributed by atoms with Gasteiger partial charge in [-0.1, -0.05) is 0 Å². The molecule has 0 heterocycles. The molecule has 11 heavy (non-hydrogen) atoms. The Morgan fingerprint density at radius 1 is 1.91 bits per heavy atom. The van der Waals surface area contributed by atoms with Crippen LogP contribution in [0.1, 0.15) is 6.42 Å². The van der Waals surface area contributed by atoms with Crippen molar-refractivity contribution in [1.82, 2.24) is 0 Å². The third-order valence-electron chi connectivity index (χ3n) is 0.674. The summed E-state index contributed by atoms with van der Waals surface area (Å²) in [5, 5.41) is 8.19. The van der Waals surface area contributed by atoms with E-state index in [2.05, 4.69) is 15.4 Å². The molecule has 66 valence electrons. The number of nitrogens with two attached hydrogens (primary N) is 1. The molecule has 0 aliphatic rings. The van der Waals surface area contributed by atoms with Gasteiger partial charge >= 0.3 is 5.97 Å². The molecule has 0 saturated heterocycles. The summed E-state index contributed by atoms with van der Waals surface area (Å²) in [6.07, 6.45) is -0.326. The smallest absolute Gasteiger partial charge is 0.307 e. The van der Waals surface area contributed by atoms with E-state index in [1.807, 2.05) is 0 Å². The normalized spacial score (nSPS) is 18.7. The maximum absolute atomic E-state index is 10.7. The molecular weight excluding hydrogens is 190 g/mol. The van der Waals surface area contributed by atoms with E-state index in [4.69, 9.17) is 10.8 Å². The van der Waals surface area contributed by atoms with Gasteiger partial charge in [0.25, 0.3) is 0 Å². The fraction of sp³-hybridized carbons (Fsp3) is 0.750. The summed E-state index contributed by atoms with van der Waals surface area (Å²) >= 11 is 4.35. The lowest BCUT2D eigenvalue weighted by Crippen LogP contribution is -2.28. The van der Waals surface area contributed by atoms with Crippen LogP contribution in [0.5, 0.6) is 0 Å². The van der Waals surface area contributed by atoms with E-state index >= 15 is 0 Å². The Morgan fingerprint density at radius 3 is 2.64 bits per heavy atom. The fourth-order valence-corrected chi connectivity index (χ4v) is 1.25. The zero-order valence-electron chi connectivity index (χ0n) is 5.85. The molecule has 2 unspecified atom stereocenters. The van der Waals surface area contributed by atoms with E-state index in [1.54, 1.807) is 0 Å². The van der Waals surface area contributed by atoms with Gasteiger partial charge in [0.1, 0.15) is 15.0 Å². The van der Waals surface area contributed by atoms with Crippen LogP contribution in [0.15, 0.2) is 0 Å². The number of rotatable bonds is 4. The number of carboxylic acids is 1. The number of carbonyl (C=O) groups is 1. The van der Waals surface area contributed by atoms with Crippen molar-refractivity contribution in [2.24, 2.45) is 5.73 Å². The predicted molar refractivity (Wildman–Crippen MR) is 42.7 cm³/mol. The zero-order valence-corrected chi connectivity index (χ0v) is 7.48. The molecule has 0 aliphatic carbocycles. The Morgan fingerprint density at radius 2 is 2.36 bits per heavy atom. The molecule has 0 aliphatic heterocycles. The summed E-state index contributed by atoms with van der Waals surface area (Å²) in [7, 11) is -2.82. The first-order valence-electron chi connectivity index (χ1n) is 2.67. The standard InChI is InChI=1S/C4H9NO4S2/c1-11(8,10)9-3(5)2-4(6)7/h3H,2,5H2,1H3,(H,6,7). The van der Waals surface area contributed by atoms with Crippen molar-refractivity contribution in [3.8, 4) is 0 Å². The Hall–Kier alpha value is -0.240. The molecule has 3 N–H and O–H groups in total. The van der Waals surface area contributed by atoms with Gasteiger partial charge in [0, 0.05) is 17.4 Å². The average molecular weight is 199 g/mol. The second-order valence-electron chi connectivity index (χ2n) is 1.94. The number of aliphatic carboxylic acids is 1. The van der Waals surface area contributed by atoms with Crippen LogP contribution in [0, 0.1) is 0 Å². The number of hydrogen-bond acceptors (Lipinski definition) is 5. The van der Waals surface area contributed by atoms with Crippen molar-refractivity contribution in [1.29, 1.82) is 0 Å². The van der Waals surface area contributed by atoms with Crippen molar-refractivity contribution in [3.05, 3.63) is 0 Å². The molecule has 0 aromatic heterocycles. The minimum absolute atomic E-state index is 0.401. The van der Waals surface area contributed by atoms with E-state index in [-0.39, 0.29) is 0 Å². The van der Waals surface area contributed by atoms with E-state index in [1.165, 1.54) is 6.26 Å². The number of carboxylic acid groups (broad SMARTS) is 1. The van der Waals surface area contributed by atoms with Gasteiger partial charge in [-0.25, -0.2) is 4.21 Å². The molecule has 5 nitrogen and oxygen atoms in total. The molecule has 0 spiro atoms. The quantitative estimate of drug-likeness (QED) is 0.568. The van der Waals surface area contributed by atoms with Crippen molar-refractivity contribution in [2.45, 2.75) is 12.6 Å². The summed E-state index contributed by atoms with van der Waals surface area (Å²) in [5.74, 6) is -1.11. The van der Waals surface area contributed by atoms with E-state index in [0.29, 0.717) is 0 Å². The first-order chi connectivity index (χ1) is 4.81. The van der Waals surface area contributed by atoms with Crippen LogP contribution in [-0.2, 0) is 28.9 Å². The van der Waals surface area contributed by atoms with Gasteiger partial charge in [0.05, 0.1) is 6.42 Å². The molecular formula is C4H9NO4S2. The Bertz CT molecular complexity index is 234. The van der Waals surface area contributed by atoms with Gasteiger partial charge in [-0.15, -0.1) is 0 Å². The zero-order chi connectivity index (χ0) is 9.07. The van der Waals surface area contributed by atoms with Crippen LogP contribution in [0.4, 0.5) is 0 Å². The maximum Gasteiger partial charge on any atom is 0.307 e. The van der Waals surface area contributed by atoms with E-state index in [0.717, 1.165) is 0 Å². The minimum atomic E-state index is -2.82. The Kier molecular flexibility index (Phi) is 3.87. The van der Waals surface area contributed by atoms with Crippen LogP contribution < -0.4 is 5.73 Å². The lowest BCUT2D eigenvalue weighted by molar-refractivity contribution is -0.138. The fourth-order valence-electron chi connectivity index (χ4n) is 0.431. The minimum Gasteiger partial charge on any atom is -0.481 e. The van der Waals surface area contributed by atoms with Crippen LogP contribution in [-0.4, -0.2) is 27.8 Å². The molecule has 2 atom stereocenters. The summed E-state index contributed by atoms with van der Waals surface area (Å²) in [6, 6.07) is 0. The highest BCUT2D eigenvalue weighted by Gasteiger charge is 2.11. The summed E-state index contributed by atoms with van der Waals surface area (Å²) in [4.78, 5) is 10.0. The highest BCUT2D eigenvalue weighted by Crippen LogP contribution is 1.96. The first-order valence-corrected chi connectivity index (χ1v) is 5.48. The van der Waals surface area contributed by atoms with Crippen LogP contribution in [0.3, 0.4) is 0 Å². The van der Waals surface area contributed by atoms with Gasteiger partial charge in [-0.05, 0) is 0 Å². The molecule has 0 rings (SSSR count). The summed E-state index contributed by atoms with van der Waals surface area (Å²) < 4.78 is 15.2. The predicted octanol–water partition coefficient (Wildman–Crippen LogP) is -0.946. The molecule has 0 bridgehead atoms. The van der Waals surface area contributed by atoms with Gasteiger partial charge in [0.15, 0.2) is 0 Å². The molecule has 0 amide bonds. The largest absolute Gasteiger partial charge is 0.481 e. The average Bonchev–Trinajstić information content (AvgIpc) is 1.53. The second kappa shape index (κ2) is 3.96. The van der Waals surface area contributed by atoms with Gasteiger partial charge < -0.3 is 10.8 Å². The lowest BCUT2D eigenvalue weighted by atomic mass is 10.4. The van der Waals surface area contributed by atoms with Crippen molar-refractivity contribution in [3.63, 3.8) is 0 Å². The van der Waals surface area contributed by atoms with Crippen molar-refractivity contribution in [2.75, 3.05) is 6.26 Å². The van der Waals surface area contributed by atoms with Crippen molar-refractivity contribution >= 4 is 25.9 Å². The monoisotopic (exact) mass is 199 g/mol. The summed E-state index contributed by atoms with van der Waals surface area (Å²) in [5.41, 5.74) is 5.11. The third-order valence-corrected chi connectivity index (χ3v) is 1.51. The van der Waals surface area contributed by atoms with E-state index < -0.39 is 27.4 Å². The molecule has 0 aromatic rings. The highest BCUT2D eigenvalue weighted by atomic mass is 32.8. The number of hydrogen-bond donors (Lipinski definition) is 2. The molecule has 0 fully saturated rings. The maximum atomic E-state index is 10.7. The van der Waals surface area contributed by atoms with Gasteiger partial charge in [-0.2, -0.15) is 0 Å². The Balaban J connectivity index is 3.89. The Labute approximate surface area is 69.4 Å². The molecule has 0 aromatic carbocycles.